The second-order valence-electron chi connectivity index (χ2n) is 6.24. The minimum atomic E-state index is -0.397. The summed E-state index contributed by atoms with van der Waals surface area (Å²) in [5, 5.41) is 17.3. The van der Waals surface area contributed by atoms with Crippen molar-refractivity contribution in [1.29, 1.82) is 0 Å². The van der Waals surface area contributed by atoms with Crippen molar-refractivity contribution in [3.8, 4) is 0 Å². The first-order valence-corrected chi connectivity index (χ1v) is 7.61. The predicted octanol–water partition coefficient (Wildman–Crippen LogP) is 3.23. The maximum atomic E-state index is 10.6. The average molecular weight is 306 g/mol. The summed E-state index contributed by atoms with van der Waals surface area (Å²) < 4.78 is 0. The van der Waals surface area contributed by atoms with Gasteiger partial charge < -0.3 is 10.6 Å². The maximum Gasteiger partial charge on any atom is 0.269 e. The predicted molar refractivity (Wildman–Crippen MR) is 90.0 cm³/mol. The molecule has 0 aliphatic rings. The van der Waals surface area contributed by atoms with Crippen LogP contribution in [0.1, 0.15) is 46.1 Å². The first-order chi connectivity index (χ1) is 10.3. The molecule has 1 aromatic carbocycles. The Morgan fingerprint density at radius 1 is 1.27 bits per heavy atom. The van der Waals surface area contributed by atoms with Crippen molar-refractivity contribution in [1.82, 2.24) is 10.6 Å². The van der Waals surface area contributed by atoms with E-state index in [-0.39, 0.29) is 11.2 Å². The molecule has 0 heterocycles. The van der Waals surface area contributed by atoms with Crippen LogP contribution in [0.15, 0.2) is 29.3 Å². The van der Waals surface area contributed by atoms with Gasteiger partial charge >= 0.3 is 0 Å². The van der Waals surface area contributed by atoms with Crippen LogP contribution < -0.4 is 10.6 Å². The first kappa shape index (κ1) is 17.9. The molecule has 6 nitrogen and oxygen atoms in total. The molecule has 122 valence electrons. The summed E-state index contributed by atoms with van der Waals surface area (Å²) in [6.45, 7) is 9.74. The number of unbranched alkanes of at least 4 members (excludes halogenated alkanes) is 1. The second-order valence-corrected chi connectivity index (χ2v) is 6.24. The van der Waals surface area contributed by atoms with Crippen molar-refractivity contribution < 1.29 is 4.92 Å². The Morgan fingerprint density at radius 2 is 1.91 bits per heavy atom. The molecular formula is C16H26N4O2. The van der Waals surface area contributed by atoms with Gasteiger partial charge in [0.15, 0.2) is 5.96 Å². The van der Waals surface area contributed by atoms with Gasteiger partial charge in [-0.1, -0.05) is 25.5 Å². The Bertz CT molecular complexity index is 504. The van der Waals surface area contributed by atoms with Gasteiger partial charge in [-0.3, -0.25) is 10.1 Å². The lowest BCUT2D eigenvalue weighted by Gasteiger charge is -2.24. The summed E-state index contributed by atoms with van der Waals surface area (Å²) in [5.74, 6) is 0.763. The normalized spacial score (nSPS) is 12.1. The van der Waals surface area contributed by atoms with Gasteiger partial charge in [-0.2, -0.15) is 0 Å². The van der Waals surface area contributed by atoms with Crippen LogP contribution in [0.2, 0.25) is 0 Å². The highest BCUT2D eigenvalue weighted by molar-refractivity contribution is 5.80. The number of hydrogen-bond donors (Lipinski definition) is 2. The molecule has 6 heteroatoms. The fourth-order valence-electron chi connectivity index (χ4n) is 1.77. The SMILES string of the molecule is CCCCNC(=NCc1ccc([N+](=O)[O-])cc1)NC(C)(C)C. The summed E-state index contributed by atoms with van der Waals surface area (Å²) in [7, 11) is 0. The van der Waals surface area contributed by atoms with Crippen LogP contribution in [0.5, 0.6) is 0 Å². The Morgan fingerprint density at radius 3 is 2.41 bits per heavy atom. The monoisotopic (exact) mass is 306 g/mol. The zero-order valence-corrected chi connectivity index (χ0v) is 13.8. The number of hydrogen-bond acceptors (Lipinski definition) is 3. The molecule has 0 bridgehead atoms. The number of nitrogens with one attached hydrogen (secondary N) is 2. The minimum absolute atomic E-state index is 0.0759. The third-order valence-corrected chi connectivity index (χ3v) is 2.88. The van der Waals surface area contributed by atoms with E-state index in [4.69, 9.17) is 0 Å². The average Bonchev–Trinajstić information content (AvgIpc) is 2.44. The van der Waals surface area contributed by atoms with E-state index in [9.17, 15) is 10.1 Å². The van der Waals surface area contributed by atoms with E-state index in [1.807, 2.05) is 0 Å². The number of nitro groups is 1. The zero-order valence-electron chi connectivity index (χ0n) is 13.8. The van der Waals surface area contributed by atoms with Crippen molar-refractivity contribution in [3.05, 3.63) is 39.9 Å². The van der Waals surface area contributed by atoms with Crippen molar-refractivity contribution in [2.24, 2.45) is 4.99 Å². The molecule has 2 N–H and O–H groups in total. The van der Waals surface area contributed by atoms with Crippen LogP contribution in [0, 0.1) is 10.1 Å². The van der Waals surface area contributed by atoms with E-state index in [1.54, 1.807) is 12.1 Å². The van der Waals surface area contributed by atoms with E-state index in [0.717, 1.165) is 30.9 Å². The molecule has 0 aromatic heterocycles. The lowest BCUT2D eigenvalue weighted by atomic mass is 10.1. The summed E-state index contributed by atoms with van der Waals surface area (Å²) in [5.41, 5.74) is 0.964. The van der Waals surface area contributed by atoms with Gasteiger partial charge in [0, 0.05) is 24.2 Å². The van der Waals surface area contributed by atoms with Gasteiger partial charge in [0.05, 0.1) is 11.5 Å². The summed E-state index contributed by atoms with van der Waals surface area (Å²) >= 11 is 0. The Labute approximate surface area is 132 Å². The van der Waals surface area contributed by atoms with Gasteiger partial charge in [0.2, 0.25) is 0 Å². The molecule has 0 radical (unpaired) electrons. The van der Waals surface area contributed by atoms with Crippen LogP contribution in [0.25, 0.3) is 0 Å². The maximum absolute atomic E-state index is 10.6. The molecular weight excluding hydrogens is 280 g/mol. The van der Waals surface area contributed by atoms with Gasteiger partial charge in [-0.15, -0.1) is 0 Å². The van der Waals surface area contributed by atoms with Crippen molar-refractivity contribution in [3.63, 3.8) is 0 Å². The number of rotatable bonds is 6. The van der Waals surface area contributed by atoms with E-state index in [2.05, 4.69) is 43.3 Å². The van der Waals surface area contributed by atoms with Crippen molar-refractivity contribution >= 4 is 11.6 Å². The second kappa shape index (κ2) is 8.36. The number of aliphatic imine (C=N–C) groups is 1. The number of guanidine groups is 1. The lowest BCUT2D eigenvalue weighted by Crippen LogP contribution is -2.47. The molecule has 0 saturated carbocycles. The molecule has 1 aromatic rings. The van der Waals surface area contributed by atoms with E-state index in [0.29, 0.717) is 6.54 Å². The largest absolute Gasteiger partial charge is 0.356 e. The van der Waals surface area contributed by atoms with Gasteiger partial charge in [-0.05, 0) is 32.8 Å². The van der Waals surface area contributed by atoms with Crippen LogP contribution in [-0.2, 0) is 6.54 Å². The molecule has 0 aliphatic carbocycles. The van der Waals surface area contributed by atoms with E-state index < -0.39 is 4.92 Å². The summed E-state index contributed by atoms with van der Waals surface area (Å²) in [4.78, 5) is 14.8. The third kappa shape index (κ3) is 7.06. The smallest absolute Gasteiger partial charge is 0.269 e. The van der Waals surface area contributed by atoms with Crippen LogP contribution in [0.3, 0.4) is 0 Å². The number of non-ortho nitro benzene ring substituents is 1. The summed E-state index contributed by atoms with van der Waals surface area (Å²) in [6, 6.07) is 6.49. The van der Waals surface area contributed by atoms with Crippen LogP contribution >= 0.6 is 0 Å². The number of nitro benzene ring substituents is 1. The fourth-order valence-corrected chi connectivity index (χ4v) is 1.77. The summed E-state index contributed by atoms with van der Waals surface area (Å²) in [6.07, 6.45) is 2.21. The molecule has 1 rings (SSSR count). The first-order valence-electron chi connectivity index (χ1n) is 7.61. The molecule has 22 heavy (non-hydrogen) atoms. The topological polar surface area (TPSA) is 79.6 Å². The highest BCUT2D eigenvalue weighted by atomic mass is 16.6. The van der Waals surface area contributed by atoms with E-state index >= 15 is 0 Å². The molecule has 0 aliphatic heterocycles. The molecule has 0 atom stereocenters. The van der Waals surface area contributed by atoms with E-state index in [1.165, 1.54) is 12.1 Å². The molecule has 0 unspecified atom stereocenters. The van der Waals surface area contributed by atoms with Crippen LogP contribution in [-0.4, -0.2) is 23.0 Å². The molecule has 0 spiro atoms. The van der Waals surface area contributed by atoms with Crippen LogP contribution in [0.4, 0.5) is 5.69 Å². The van der Waals surface area contributed by atoms with Gasteiger partial charge in [0.1, 0.15) is 0 Å². The Kier molecular flexibility index (Phi) is 6.82. The quantitative estimate of drug-likeness (QED) is 0.278. The molecule has 0 fully saturated rings. The number of benzene rings is 1. The molecule has 0 amide bonds. The lowest BCUT2D eigenvalue weighted by molar-refractivity contribution is -0.384. The third-order valence-electron chi connectivity index (χ3n) is 2.88. The van der Waals surface area contributed by atoms with Crippen molar-refractivity contribution in [2.75, 3.05) is 6.54 Å². The number of nitrogens with zero attached hydrogens (tertiary/aromatic N) is 2. The molecule has 0 saturated heterocycles. The van der Waals surface area contributed by atoms with Gasteiger partial charge in [0.25, 0.3) is 5.69 Å². The van der Waals surface area contributed by atoms with Gasteiger partial charge in [-0.25, -0.2) is 4.99 Å². The fraction of sp³-hybridized carbons (Fsp3) is 0.562. The Balaban J connectivity index is 2.71. The highest BCUT2D eigenvalue weighted by Gasteiger charge is 2.12. The van der Waals surface area contributed by atoms with Crippen molar-refractivity contribution in [2.45, 2.75) is 52.6 Å². The standard InChI is InChI=1S/C16H26N4O2/c1-5-6-11-17-15(19-16(2,3)4)18-12-13-7-9-14(10-8-13)20(21)22/h7-10H,5-6,11-12H2,1-4H3,(H2,17,18,19). The highest BCUT2D eigenvalue weighted by Crippen LogP contribution is 2.12. The zero-order chi connectivity index (χ0) is 16.6. The Hall–Kier alpha value is -2.11. The minimum Gasteiger partial charge on any atom is -0.356 e.